The Hall–Kier alpha value is -1.94. The Kier molecular flexibility index (Phi) is 13.1. The molecule has 0 spiro atoms. The maximum Gasteiger partial charge on any atom is 2.00 e. The van der Waals surface area contributed by atoms with Gasteiger partial charge in [0.15, 0.2) is 0 Å². The molecule has 0 saturated heterocycles. The van der Waals surface area contributed by atoms with Crippen LogP contribution in [0.3, 0.4) is 0 Å². The average Bonchev–Trinajstić information content (AvgIpc) is 3.68. The summed E-state index contributed by atoms with van der Waals surface area (Å²) in [6.45, 7) is 0. The van der Waals surface area contributed by atoms with E-state index in [0.29, 0.717) is 0 Å². The van der Waals surface area contributed by atoms with Crippen LogP contribution in [0.2, 0.25) is 0 Å². The van der Waals surface area contributed by atoms with Crippen LogP contribution in [-0.4, -0.2) is 0 Å². The smallest absolute Gasteiger partial charge is 0.213 e. The molecule has 0 nitrogen and oxygen atoms in total. The fraction of sp³-hybridized carbons (Fsp3) is 0. The Morgan fingerprint density at radius 3 is 0.816 bits per heavy atom. The Morgan fingerprint density at radius 1 is 0.342 bits per heavy atom. The van der Waals surface area contributed by atoms with Crippen LogP contribution in [0.25, 0.3) is 0 Å². The van der Waals surface area contributed by atoms with Crippen molar-refractivity contribution in [2.45, 2.75) is 0 Å². The summed E-state index contributed by atoms with van der Waals surface area (Å²) in [5.41, 5.74) is 0. The van der Waals surface area contributed by atoms with E-state index in [1.807, 2.05) is 0 Å². The number of rotatable bonds is 6. The molecule has 0 aliphatic rings. The third-order valence-corrected chi connectivity index (χ3v) is 10.8. The van der Waals surface area contributed by atoms with Gasteiger partial charge in [-0.05, 0) is 37.1 Å². The van der Waals surface area contributed by atoms with Gasteiger partial charge in [0.05, 0.1) is 0 Å². The molecule has 0 N–H and O–H groups in total. The van der Waals surface area contributed by atoms with Gasteiger partial charge in [-0.15, -0.1) is 10.6 Å². The van der Waals surface area contributed by atoms with Crippen molar-refractivity contribution in [1.29, 1.82) is 0 Å². The van der Waals surface area contributed by atoms with E-state index in [0.717, 1.165) is 0 Å². The SMILES string of the molecule is [Fe+2].[Y].c1ccc(P(c2ccccc2)c2ccc[cH-]2)cc1.c1ccc(P(c2ccccc2)c2ccc[cH-]2)cc1. The van der Waals surface area contributed by atoms with Crippen molar-refractivity contribution in [2.24, 2.45) is 0 Å². The second kappa shape index (κ2) is 16.2. The molecule has 0 aliphatic heterocycles. The van der Waals surface area contributed by atoms with Crippen molar-refractivity contribution in [2.75, 3.05) is 0 Å². The quantitative estimate of drug-likeness (QED) is 0.113. The van der Waals surface area contributed by atoms with Gasteiger partial charge >= 0.3 is 17.1 Å². The molecule has 0 heterocycles. The summed E-state index contributed by atoms with van der Waals surface area (Å²) in [6.07, 6.45) is 0. The molecule has 4 heteroatoms. The Bertz CT molecular complexity index is 1210. The Balaban J connectivity index is 0.000000200. The topological polar surface area (TPSA) is 0 Å². The summed E-state index contributed by atoms with van der Waals surface area (Å²) in [4.78, 5) is 0. The van der Waals surface area contributed by atoms with Crippen molar-refractivity contribution in [3.63, 3.8) is 0 Å². The van der Waals surface area contributed by atoms with E-state index in [9.17, 15) is 0 Å². The van der Waals surface area contributed by atoms with Gasteiger partial charge in [-0.25, -0.2) is 24.3 Å². The summed E-state index contributed by atoms with van der Waals surface area (Å²) in [5, 5.41) is 8.47. The largest absolute Gasteiger partial charge is 2.00 e. The van der Waals surface area contributed by atoms with Crippen molar-refractivity contribution in [3.05, 3.63) is 170 Å². The summed E-state index contributed by atoms with van der Waals surface area (Å²) in [5.74, 6) is 0. The van der Waals surface area contributed by atoms with Crippen LogP contribution < -0.4 is 31.8 Å². The average molecular weight is 643 g/mol. The minimum atomic E-state index is -0.409. The van der Waals surface area contributed by atoms with E-state index in [1.165, 1.54) is 31.8 Å². The van der Waals surface area contributed by atoms with E-state index in [2.05, 4.69) is 170 Å². The molecule has 0 fully saturated rings. The molecule has 6 aromatic rings. The van der Waals surface area contributed by atoms with E-state index < -0.39 is 15.8 Å². The minimum Gasteiger partial charge on any atom is -0.213 e. The van der Waals surface area contributed by atoms with Crippen molar-refractivity contribution in [1.82, 2.24) is 0 Å². The molecule has 6 rings (SSSR count). The first-order valence-corrected chi connectivity index (χ1v) is 14.8. The molecule has 0 saturated carbocycles. The van der Waals surface area contributed by atoms with Gasteiger partial charge in [0.2, 0.25) is 0 Å². The maximum atomic E-state index is 2.23. The molecule has 0 aromatic heterocycles. The first-order valence-electron chi connectivity index (χ1n) is 12.1. The second-order valence-electron chi connectivity index (χ2n) is 8.30. The summed E-state index contributed by atoms with van der Waals surface area (Å²) >= 11 is 0. The number of hydrogen-bond acceptors (Lipinski definition) is 0. The van der Waals surface area contributed by atoms with E-state index in [1.54, 1.807) is 0 Å². The van der Waals surface area contributed by atoms with Crippen molar-refractivity contribution < 1.29 is 49.8 Å². The van der Waals surface area contributed by atoms with Gasteiger partial charge in [-0.1, -0.05) is 121 Å². The van der Waals surface area contributed by atoms with Crippen LogP contribution in [0, 0.1) is 0 Å². The molecule has 6 aromatic carbocycles. The maximum absolute atomic E-state index is 2.23. The molecule has 0 bridgehead atoms. The van der Waals surface area contributed by atoms with Crippen molar-refractivity contribution in [3.8, 4) is 0 Å². The normalized spacial score (nSPS) is 10.2. The molecule has 185 valence electrons. The first kappa shape index (κ1) is 30.6. The third kappa shape index (κ3) is 8.04. The van der Waals surface area contributed by atoms with E-state index in [4.69, 9.17) is 0 Å². The molecule has 1 radical (unpaired) electrons. The second-order valence-corrected chi connectivity index (χ2v) is 12.7. The van der Waals surface area contributed by atoms with Crippen LogP contribution in [-0.2, 0) is 49.8 Å². The van der Waals surface area contributed by atoms with Gasteiger partial charge < -0.3 is 0 Å². The van der Waals surface area contributed by atoms with Crippen LogP contribution in [0.1, 0.15) is 0 Å². The van der Waals surface area contributed by atoms with Crippen molar-refractivity contribution >= 4 is 47.7 Å². The van der Waals surface area contributed by atoms with Gasteiger partial charge in [0.25, 0.3) is 0 Å². The van der Waals surface area contributed by atoms with Gasteiger partial charge in [-0.3, -0.25) is 0 Å². The number of hydrogen-bond donors (Lipinski definition) is 0. The summed E-state index contributed by atoms with van der Waals surface area (Å²) in [7, 11) is -0.818. The molecular weight excluding hydrogens is 615 g/mol. The molecule has 0 unspecified atom stereocenters. The van der Waals surface area contributed by atoms with E-state index in [-0.39, 0.29) is 49.8 Å². The predicted octanol–water partition coefficient (Wildman–Crippen LogP) is 6.32. The zero-order valence-electron chi connectivity index (χ0n) is 21.0. The predicted molar refractivity (Wildman–Crippen MR) is 161 cm³/mol. The Labute approximate surface area is 265 Å². The molecule has 38 heavy (non-hydrogen) atoms. The molecule has 0 amide bonds. The van der Waals surface area contributed by atoms with Gasteiger partial charge in [-0.2, -0.15) is 24.3 Å². The van der Waals surface area contributed by atoms with Crippen LogP contribution >= 0.6 is 15.8 Å². The summed E-state index contributed by atoms with van der Waals surface area (Å²) in [6, 6.07) is 60.5. The van der Waals surface area contributed by atoms with E-state index >= 15 is 0 Å². The zero-order chi connectivity index (χ0) is 24.4. The van der Waals surface area contributed by atoms with Crippen LogP contribution in [0.4, 0.5) is 0 Å². The third-order valence-electron chi connectivity index (χ3n) is 5.86. The standard InChI is InChI=1S/2C17H14P.Fe.Y/c2*1-3-9-15(10-4-1)18(17-13-7-8-14-17)16-11-5-2-6-12-16;;/h2*1-14H;;/q2*-1;+2;. The minimum absolute atomic E-state index is 0. The Morgan fingerprint density at radius 2 is 0.605 bits per heavy atom. The number of benzene rings is 4. The fourth-order valence-electron chi connectivity index (χ4n) is 4.23. The monoisotopic (exact) mass is 643 g/mol. The molecule has 0 aliphatic carbocycles. The molecule has 0 atom stereocenters. The van der Waals surface area contributed by atoms with Gasteiger partial charge in [0, 0.05) is 32.7 Å². The molecular formula is C34H28FeP2Y. The summed E-state index contributed by atoms with van der Waals surface area (Å²) < 4.78 is 0. The zero-order valence-corrected chi connectivity index (χ0v) is 26.7. The van der Waals surface area contributed by atoms with Crippen LogP contribution in [0.15, 0.2) is 170 Å². The van der Waals surface area contributed by atoms with Crippen LogP contribution in [0.5, 0.6) is 0 Å². The first-order chi connectivity index (χ1) is 17.9. The van der Waals surface area contributed by atoms with Gasteiger partial charge in [0.1, 0.15) is 0 Å². The fourth-order valence-corrected chi connectivity index (χ4v) is 8.84.